The molecule has 0 amide bonds. The van der Waals surface area contributed by atoms with Gasteiger partial charge in [0.15, 0.2) is 5.84 Å². The van der Waals surface area contributed by atoms with Crippen LogP contribution in [0.5, 0.6) is 0 Å². The Kier molecular flexibility index (Phi) is 7.40. The Balaban J connectivity index is 1.02. The van der Waals surface area contributed by atoms with Crippen LogP contribution in [0.3, 0.4) is 0 Å². The standard InChI is InChI=1S/C52H32N4OS/c1-3-14-31(15-4-1)48-38-28-29-44-47(46(38)36-20-7-9-25-41(36)53-48)39-23-12-22-35(49(39)58-44)33-18-11-19-34(30-33)51-54-50(32-16-5-2-6-17-32)55-52(56-51)40-24-13-27-43-45(40)37-21-8-10-26-42(37)57-43/h1-30,52H,(H,54,55,56). The van der Waals surface area contributed by atoms with Crippen molar-refractivity contribution >= 4 is 86.8 Å². The van der Waals surface area contributed by atoms with Crippen molar-refractivity contribution in [3.8, 4) is 22.4 Å². The average molecular weight is 761 g/mol. The Labute approximate surface area is 337 Å². The van der Waals surface area contributed by atoms with E-state index in [4.69, 9.17) is 19.4 Å². The molecule has 58 heavy (non-hydrogen) atoms. The van der Waals surface area contributed by atoms with Gasteiger partial charge in [0, 0.05) is 69.4 Å². The van der Waals surface area contributed by atoms with Crippen LogP contribution in [-0.2, 0) is 0 Å². The maximum atomic E-state index is 6.29. The molecule has 6 heteroatoms. The fourth-order valence-electron chi connectivity index (χ4n) is 8.71. The van der Waals surface area contributed by atoms with E-state index in [2.05, 4.69) is 145 Å². The van der Waals surface area contributed by atoms with Gasteiger partial charge in [-0.3, -0.25) is 0 Å². The lowest BCUT2D eigenvalue weighted by Crippen LogP contribution is -2.33. The molecule has 0 bridgehead atoms. The van der Waals surface area contributed by atoms with Gasteiger partial charge in [-0.1, -0.05) is 152 Å². The SMILES string of the molecule is c1ccc(C2=NC(c3cccc4oc5ccccc5c34)NC(c3cccc(-c4cccc5c4sc4ccc6c(-c7ccccc7)nc7ccccc7c6c45)c3)=N2)cc1. The lowest BCUT2D eigenvalue weighted by molar-refractivity contribution is 0.662. The van der Waals surface area contributed by atoms with E-state index in [1.165, 1.54) is 36.5 Å². The van der Waals surface area contributed by atoms with E-state index < -0.39 is 0 Å². The third-order valence-electron chi connectivity index (χ3n) is 11.3. The number of thiophene rings is 1. The molecule has 0 saturated carbocycles. The van der Waals surface area contributed by atoms with Crippen LogP contribution >= 0.6 is 11.3 Å². The number of rotatable bonds is 5. The Morgan fingerprint density at radius 3 is 2.07 bits per heavy atom. The molecule has 1 aliphatic heterocycles. The van der Waals surface area contributed by atoms with E-state index in [0.29, 0.717) is 5.84 Å². The molecule has 0 aliphatic carbocycles. The van der Waals surface area contributed by atoms with E-state index in [0.717, 1.165) is 72.2 Å². The second-order valence-electron chi connectivity index (χ2n) is 14.7. The van der Waals surface area contributed by atoms with Gasteiger partial charge in [-0.15, -0.1) is 11.3 Å². The van der Waals surface area contributed by atoms with E-state index in [1.54, 1.807) is 0 Å². The van der Waals surface area contributed by atoms with E-state index in [1.807, 2.05) is 53.8 Å². The fraction of sp³-hybridized carbons (Fsp3) is 0.0192. The van der Waals surface area contributed by atoms with Crippen molar-refractivity contribution in [1.82, 2.24) is 10.3 Å². The van der Waals surface area contributed by atoms with E-state index >= 15 is 0 Å². The molecule has 272 valence electrons. The van der Waals surface area contributed by atoms with Crippen molar-refractivity contribution in [3.63, 3.8) is 0 Å². The van der Waals surface area contributed by atoms with Gasteiger partial charge < -0.3 is 9.73 Å². The number of aliphatic imine (C=N–C) groups is 2. The molecule has 8 aromatic carbocycles. The highest BCUT2D eigenvalue weighted by Gasteiger charge is 2.25. The van der Waals surface area contributed by atoms with E-state index in [9.17, 15) is 0 Å². The molecule has 4 heterocycles. The lowest BCUT2D eigenvalue weighted by Gasteiger charge is -2.24. The number of furan rings is 1. The second-order valence-corrected chi connectivity index (χ2v) is 15.8. The van der Waals surface area contributed by atoms with Gasteiger partial charge in [-0.2, -0.15) is 0 Å². The topological polar surface area (TPSA) is 62.8 Å². The van der Waals surface area contributed by atoms with Gasteiger partial charge >= 0.3 is 0 Å². The van der Waals surface area contributed by atoms with Gasteiger partial charge in [0.25, 0.3) is 0 Å². The van der Waals surface area contributed by atoms with Crippen molar-refractivity contribution in [2.45, 2.75) is 6.17 Å². The molecule has 5 nitrogen and oxygen atoms in total. The van der Waals surface area contributed by atoms with Crippen LogP contribution in [0.25, 0.3) is 86.2 Å². The maximum Gasteiger partial charge on any atom is 0.159 e. The molecule has 3 aromatic heterocycles. The molecule has 0 spiro atoms. The minimum Gasteiger partial charge on any atom is -0.456 e. The predicted molar refractivity (Wildman–Crippen MR) is 242 cm³/mol. The maximum absolute atomic E-state index is 6.29. The number of amidine groups is 2. The summed E-state index contributed by atoms with van der Waals surface area (Å²) in [5.41, 5.74) is 10.1. The van der Waals surface area contributed by atoms with Crippen molar-refractivity contribution in [2.24, 2.45) is 9.98 Å². The van der Waals surface area contributed by atoms with E-state index in [-0.39, 0.29) is 6.17 Å². The van der Waals surface area contributed by atoms with Gasteiger partial charge in [0.1, 0.15) is 23.2 Å². The first-order valence-corrected chi connectivity index (χ1v) is 20.3. The van der Waals surface area contributed by atoms with Crippen LogP contribution in [0.15, 0.2) is 196 Å². The molecular formula is C52H32N4OS. The molecule has 1 N–H and O–H groups in total. The molecular weight excluding hydrogens is 729 g/mol. The zero-order valence-electron chi connectivity index (χ0n) is 31.1. The summed E-state index contributed by atoms with van der Waals surface area (Å²) in [6.07, 6.45) is -0.388. The summed E-state index contributed by atoms with van der Waals surface area (Å²) in [5.74, 6) is 1.46. The molecule has 0 saturated heterocycles. The number of para-hydroxylation sites is 2. The van der Waals surface area contributed by atoms with Crippen molar-refractivity contribution in [2.75, 3.05) is 0 Å². The summed E-state index contributed by atoms with van der Waals surface area (Å²) >= 11 is 1.85. The van der Waals surface area contributed by atoms with Gasteiger partial charge in [0.2, 0.25) is 0 Å². The van der Waals surface area contributed by atoms with Gasteiger partial charge in [0.05, 0.1) is 11.2 Å². The van der Waals surface area contributed by atoms with Crippen LogP contribution in [0, 0.1) is 0 Å². The Bertz CT molecular complexity index is 3490. The predicted octanol–water partition coefficient (Wildman–Crippen LogP) is 13.5. The minimum atomic E-state index is -0.388. The fourth-order valence-corrected chi connectivity index (χ4v) is 9.96. The van der Waals surface area contributed by atoms with Crippen LogP contribution in [0.2, 0.25) is 0 Å². The largest absolute Gasteiger partial charge is 0.456 e. The normalized spacial score (nSPS) is 14.4. The summed E-state index contributed by atoms with van der Waals surface area (Å²) < 4.78 is 8.80. The molecule has 1 atom stereocenters. The van der Waals surface area contributed by atoms with Crippen molar-refractivity contribution < 1.29 is 4.42 Å². The number of pyridine rings is 1. The van der Waals surface area contributed by atoms with Crippen molar-refractivity contribution in [1.29, 1.82) is 0 Å². The lowest BCUT2D eigenvalue weighted by atomic mass is 9.95. The van der Waals surface area contributed by atoms with Crippen LogP contribution < -0.4 is 5.32 Å². The Morgan fingerprint density at radius 2 is 1.19 bits per heavy atom. The number of nitrogens with one attached hydrogen (secondary N) is 1. The van der Waals surface area contributed by atoms with Crippen molar-refractivity contribution in [3.05, 3.63) is 199 Å². The molecule has 0 fully saturated rings. The quantitative estimate of drug-likeness (QED) is 0.178. The van der Waals surface area contributed by atoms with Gasteiger partial charge in [-0.25, -0.2) is 15.0 Å². The number of fused-ring (bicyclic) bond motifs is 10. The first kappa shape index (κ1) is 32.8. The molecule has 1 aliphatic rings. The molecule has 12 rings (SSSR count). The van der Waals surface area contributed by atoms with Crippen LogP contribution in [-0.4, -0.2) is 16.7 Å². The third kappa shape index (κ3) is 5.19. The van der Waals surface area contributed by atoms with Crippen LogP contribution in [0.1, 0.15) is 22.9 Å². The average Bonchev–Trinajstić information content (AvgIpc) is 3.88. The number of nitrogens with zero attached hydrogens (tertiary/aromatic N) is 3. The second kappa shape index (κ2) is 13.1. The Hall–Kier alpha value is -7.41. The molecule has 11 aromatic rings. The first-order chi connectivity index (χ1) is 28.7. The monoisotopic (exact) mass is 760 g/mol. The molecule has 0 radical (unpaired) electrons. The Morgan fingerprint density at radius 1 is 0.500 bits per heavy atom. The summed E-state index contributed by atoms with van der Waals surface area (Å²) in [6, 6.07) is 63.7. The minimum absolute atomic E-state index is 0.388. The summed E-state index contributed by atoms with van der Waals surface area (Å²) in [6.45, 7) is 0. The summed E-state index contributed by atoms with van der Waals surface area (Å²) in [5, 5.41) is 12.0. The number of aromatic nitrogens is 1. The highest BCUT2D eigenvalue weighted by Crippen LogP contribution is 2.46. The number of hydrogen-bond donors (Lipinski definition) is 1. The first-order valence-electron chi connectivity index (χ1n) is 19.5. The van der Waals surface area contributed by atoms with Crippen LogP contribution in [0.4, 0.5) is 0 Å². The number of hydrogen-bond acceptors (Lipinski definition) is 6. The zero-order chi connectivity index (χ0) is 38.2. The number of benzene rings is 8. The highest BCUT2D eigenvalue weighted by atomic mass is 32.1. The third-order valence-corrected chi connectivity index (χ3v) is 12.5. The zero-order valence-corrected chi connectivity index (χ0v) is 31.9. The summed E-state index contributed by atoms with van der Waals surface area (Å²) in [7, 11) is 0. The highest BCUT2D eigenvalue weighted by molar-refractivity contribution is 7.26. The summed E-state index contributed by atoms with van der Waals surface area (Å²) in [4.78, 5) is 15.6. The van der Waals surface area contributed by atoms with Gasteiger partial charge in [-0.05, 0) is 41.5 Å². The molecule has 1 unspecified atom stereocenters. The smallest absolute Gasteiger partial charge is 0.159 e.